The molecule has 0 saturated heterocycles. The van der Waals surface area contributed by atoms with Gasteiger partial charge in [-0.3, -0.25) is 37.4 Å². The minimum atomic E-state index is -3.79. The lowest BCUT2D eigenvalue weighted by molar-refractivity contribution is 0.0944. The van der Waals surface area contributed by atoms with E-state index in [0.717, 1.165) is 31.4 Å². The van der Waals surface area contributed by atoms with Crippen LogP contribution in [0.3, 0.4) is 0 Å². The predicted molar refractivity (Wildman–Crippen MR) is 296 cm³/mol. The zero-order chi connectivity index (χ0) is 55.1. The molecule has 0 bridgehead atoms. The molecule has 0 spiro atoms. The lowest BCUT2D eigenvalue weighted by Gasteiger charge is -2.23. The highest BCUT2D eigenvalue weighted by atomic mass is 32.2. The maximum atomic E-state index is 13.5. The highest BCUT2D eigenvalue weighted by Gasteiger charge is 2.34. The number of nitrogens with one attached hydrogen (secondary N) is 2. The van der Waals surface area contributed by atoms with Crippen LogP contribution in [0.5, 0.6) is 0 Å². The Morgan fingerprint density at radius 3 is 1.36 bits per heavy atom. The molecule has 0 unspecified atom stereocenters. The number of fused-ring (bicyclic) bond motifs is 2. The summed E-state index contributed by atoms with van der Waals surface area (Å²) in [5.41, 5.74) is 13.9. The number of hydrogen-bond donors (Lipinski definition) is 4. The fourth-order valence-electron chi connectivity index (χ4n) is 9.41. The molecule has 0 aliphatic carbocycles. The van der Waals surface area contributed by atoms with Gasteiger partial charge in [0.05, 0.1) is 22.6 Å². The molecular formula is C56H54N10O10S2. The summed E-state index contributed by atoms with van der Waals surface area (Å²) in [5, 5.41) is 5.21. The second-order valence-corrected chi connectivity index (χ2v) is 22.6. The molecule has 4 aromatic heterocycles. The number of carbonyl (C=O) groups is 2. The van der Waals surface area contributed by atoms with E-state index in [9.17, 15) is 45.6 Å². The van der Waals surface area contributed by atoms with Crippen LogP contribution in [0, 0.1) is 0 Å². The van der Waals surface area contributed by atoms with Crippen LogP contribution < -0.4 is 44.6 Å². The number of carbonyl (C=O) groups excluding carboxylic acids is 2. The topological polar surface area (TPSA) is 292 Å². The first-order valence-corrected chi connectivity index (χ1v) is 28.3. The molecule has 6 N–H and O–H groups in total. The van der Waals surface area contributed by atoms with Crippen LogP contribution in [0.1, 0.15) is 46.4 Å². The molecule has 22 heteroatoms. The Hall–Kier alpha value is -9.02. The van der Waals surface area contributed by atoms with Crippen molar-refractivity contribution >= 4 is 43.1 Å². The van der Waals surface area contributed by atoms with Crippen LogP contribution in [0.2, 0.25) is 0 Å². The number of benzene rings is 4. The summed E-state index contributed by atoms with van der Waals surface area (Å²) >= 11 is 0. The summed E-state index contributed by atoms with van der Waals surface area (Å²) in [4.78, 5) is 86.9. The van der Waals surface area contributed by atoms with Crippen LogP contribution in [0.25, 0.3) is 44.5 Å². The van der Waals surface area contributed by atoms with Crippen molar-refractivity contribution in [2.45, 2.75) is 61.9 Å². The number of rotatable bonds is 14. The Kier molecular flexibility index (Phi) is 15.9. The predicted octanol–water partition coefficient (Wildman–Crippen LogP) is 4.64. The standard InChI is InChI=1S/2C28H27N5O5S/c29-23-12-11-22(18-31-23)20-9-4-10-21(17-20)25(34)30-13-5-14-32-26(35)24(19-7-2-1-3-8-19)27-33(28(32)36)15-6-16-39(27,37)38;29-23-13-12-22(18-31-23)19-8-10-21(11-9-19)25(34)30-14-4-15-32-26(35)24(20-6-2-1-3-7-20)27-33(28(32)36)16-5-17-39(27,37)38/h1-4,7-12,17-18H,5-6,13-16H2,(H2,29,31)(H,30,34);1-3,6-13,18H,4-5,14-17H2,(H2,29,31)(H,30,34). The third-order valence-corrected chi connectivity index (χ3v) is 16.9. The quantitative estimate of drug-likeness (QED) is 0.0853. The largest absolute Gasteiger partial charge is 0.384 e. The molecule has 8 aromatic rings. The van der Waals surface area contributed by atoms with E-state index in [1.54, 1.807) is 116 Å². The maximum absolute atomic E-state index is 13.5. The zero-order valence-electron chi connectivity index (χ0n) is 42.1. The Labute approximate surface area is 447 Å². The van der Waals surface area contributed by atoms with Crippen molar-refractivity contribution in [2.24, 2.45) is 0 Å². The number of hydrogen-bond acceptors (Lipinski definition) is 14. The molecule has 78 heavy (non-hydrogen) atoms. The van der Waals surface area contributed by atoms with Gasteiger partial charge >= 0.3 is 11.4 Å². The van der Waals surface area contributed by atoms with Crippen LogP contribution >= 0.6 is 0 Å². The summed E-state index contributed by atoms with van der Waals surface area (Å²) in [6.07, 6.45) is 4.48. The number of anilines is 2. The Balaban J connectivity index is 0.000000190. The molecule has 0 radical (unpaired) electrons. The summed E-state index contributed by atoms with van der Waals surface area (Å²) < 4.78 is 56.2. The van der Waals surface area contributed by atoms with E-state index in [0.29, 0.717) is 59.6 Å². The Morgan fingerprint density at radius 1 is 0.487 bits per heavy atom. The zero-order valence-corrected chi connectivity index (χ0v) is 43.7. The Bertz CT molecular complexity index is 4030. The number of nitrogen functional groups attached to an aromatic ring is 2. The highest BCUT2D eigenvalue weighted by Crippen LogP contribution is 2.29. The van der Waals surface area contributed by atoms with Crippen molar-refractivity contribution in [3.05, 3.63) is 199 Å². The molecule has 400 valence electrons. The summed E-state index contributed by atoms with van der Waals surface area (Å²) in [5.74, 6) is 0.0184. The lowest BCUT2D eigenvalue weighted by Crippen LogP contribution is -2.45. The number of nitrogens with two attached hydrogens (primary N) is 2. The van der Waals surface area contributed by atoms with E-state index in [1.807, 2.05) is 30.3 Å². The molecule has 0 fully saturated rings. The summed E-state index contributed by atoms with van der Waals surface area (Å²) in [6, 6.07) is 38.2. The number of amides is 2. The summed E-state index contributed by atoms with van der Waals surface area (Å²) in [7, 11) is -7.58. The van der Waals surface area contributed by atoms with E-state index >= 15 is 0 Å². The highest BCUT2D eigenvalue weighted by molar-refractivity contribution is 7.91. The normalized spacial score (nSPS) is 13.9. The van der Waals surface area contributed by atoms with Gasteiger partial charge in [0.15, 0.2) is 29.7 Å². The molecule has 2 amide bonds. The van der Waals surface area contributed by atoms with Gasteiger partial charge in [-0.1, -0.05) is 84.9 Å². The molecule has 2 aliphatic rings. The molecular weight excluding hydrogens is 1040 g/mol. The van der Waals surface area contributed by atoms with Gasteiger partial charge in [-0.05, 0) is 96.5 Å². The minimum absolute atomic E-state index is 0.00732. The average Bonchev–Trinajstić information content (AvgIpc) is 3.63. The number of sulfone groups is 2. The third-order valence-electron chi connectivity index (χ3n) is 13.3. The van der Waals surface area contributed by atoms with Gasteiger partial charge in [0.1, 0.15) is 11.6 Å². The van der Waals surface area contributed by atoms with Gasteiger partial charge in [-0.15, -0.1) is 0 Å². The number of pyridine rings is 2. The summed E-state index contributed by atoms with van der Waals surface area (Å²) in [6.45, 7) is 0.904. The van der Waals surface area contributed by atoms with Gasteiger partial charge in [-0.2, -0.15) is 0 Å². The van der Waals surface area contributed by atoms with Crippen molar-refractivity contribution < 1.29 is 26.4 Å². The Morgan fingerprint density at radius 2 is 0.910 bits per heavy atom. The maximum Gasteiger partial charge on any atom is 0.332 e. The number of nitrogens with zero attached hydrogens (tertiary/aromatic N) is 6. The average molecular weight is 1090 g/mol. The van der Waals surface area contributed by atoms with Gasteiger partial charge < -0.3 is 22.1 Å². The first kappa shape index (κ1) is 53.8. The monoisotopic (exact) mass is 1090 g/mol. The van der Waals surface area contributed by atoms with Crippen LogP contribution in [0.15, 0.2) is 175 Å². The minimum Gasteiger partial charge on any atom is -0.384 e. The van der Waals surface area contributed by atoms with E-state index < -0.39 is 42.2 Å². The van der Waals surface area contributed by atoms with Gasteiger partial charge in [-0.25, -0.2) is 36.4 Å². The molecule has 0 saturated carbocycles. The molecule has 4 aromatic carbocycles. The molecule has 6 heterocycles. The fourth-order valence-corrected chi connectivity index (χ4v) is 12.9. The number of aromatic nitrogens is 6. The van der Waals surface area contributed by atoms with Crippen molar-refractivity contribution in [1.29, 1.82) is 0 Å². The van der Waals surface area contributed by atoms with Gasteiger partial charge in [0.25, 0.3) is 22.9 Å². The molecule has 0 atom stereocenters. The van der Waals surface area contributed by atoms with Crippen molar-refractivity contribution in [3.8, 4) is 44.5 Å². The SMILES string of the molecule is Nc1ccc(-c2ccc(C(=O)NCCCn3c(=O)c(-c4ccccc4)c4n(c3=O)CCCS4(=O)=O)cc2)cn1.Nc1ccc(-c2cccc(C(=O)NCCCn3c(=O)c(-c4ccccc4)c4n(c3=O)CCCS4(=O)=O)c2)cn1. The smallest absolute Gasteiger partial charge is 0.332 e. The molecule has 10 rings (SSSR count). The fraction of sp³-hybridized carbons (Fsp3) is 0.214. The van der Waals surface area contributed by atoms with E-state index in [1.165, 1.54) is 9.13 Å². The van der Waals surface area contributed by atoms with Crippen LogP contribution in [-0.4, -0.2) is 81.5 Å². The van der Waals surface area contributed by atoms with E-state index in [-0.39, 0.29) is 83.8 Å². The third kappa shape index (κ3) is 11.5. The lowest BCUT2D eigenvalue weighted by atomic mass is 10.0. The van der Waals surface area contributed by atoms with Crippen LogP contribution in [0.4, 0.5) is 11.6 Å². The van der Waals surface area contributed by atoms with E-state index in [4.69, 9.17) is 11.5 Å². The van der Waals surface area contributed by atoms with Gasteiger partial charge in [0, 0.05) is 73.9 Å². The first-order chi connectivity index (χ1) is 37.5. The van der Waals surface area contributed by atoms with Crippen molar-refractivity contribution in [2.75, 3.05) is 36.1 Å². The van der Waals surface area contributed by atoms with Gasteiger partial charge in [0.2, 0.25) is 0 Å². The molecule has 20 nitrogen and oxygen atoms in total. The molecule has 2 aliphatic heterocycles. The van der Waals surface area contributed by atoms with Crippen LogP contribution in [-0.2, 0) is 45.9 Å². The van der Waals surface area contributed by atoms with Crippen molar-refractivity contribution in [1.82, 2.24) is 38.9 Å². The second-order valence-electron chi connectivity index (χ2n) is 18.5. The first-order valence-electron chi connectivity index (χ1n) is 25.0. The van der Waals surface area contributed by atoms with E-state index in [2.05, 4.69) is 20.6 Å². The van der Waals surface area contributed by atoms with Crippen molar-refractivity contribution in [3.63, 3.8) is 0 Å². The second kappa shape index (κ2) is 23.1.